The number of hydrogen-bond donors (Lipinski definition) is 6. The summed E-state index contributed by atoms with van der Waals surface area (Å²) in [4.78, 5) is 59.7. The number of carboxylic acids is 1. The SMILES string of the molecule is CC(C)CC(NC(=O)C(C)N)C(=O)NC(CC(N)=O)C(=O)NC(C(=O)O)C(C)C. The molecule has 0 aromatic heterocycles. The van der Waals surface area contributed by atoms with Crippen LogP contribution >= 0.6 is 0 Å². The molecule has 0 fully saturated rings. The average molecular weight is 415 g/mol. The Bertz CT molecular complexity index is 620. The van der Waals surface area contributed by atoms with Crippen LogP contribution in [0.15, 0.2) is 0 Å². The van der Waals surface area contributed by atoms with E-state index < -0.39 is 66.1 Å². The first kappa shape index (κ1) is 26.3. The van der Waals surface area contributed by atoms with Gasteiger partial charge in [-0.1, -0.05) is 27.7 Å². The molecular weight excluding hydrogens is 382 g/mol. The van der Waals surface area contributed by atoms with Gasteiger partial charge in [-0.05, 0) is 25.2 Å². The van der Waals surface area contributed by atoms with Crippen molar-refractivity contribution in [3.63, 3.8) is 0 Å². The largest absolute Gasteiger partial charge is 0.480 e. The van der Waals surface area contributed by atoms with Crippen LogP contribution in [0.25, 0.3) is 0 Å². The zero-order valence-corrected chi connectivity index (χ0v) is 17.5. The Hall–Kier alpha value is -2.69. The summed E-state index contributed by atoms with van der Waals surface area (Å²) in [6, 6.07) is -4.43. The number of nitrogens with one attached hydrogen (secondary N) is 3. The summed E-state index contributed by atoms with van der Waals surface area (Å²) < 4.78 is 0. The summed E-state index contributed by atoms with van der Waals surface area (Å²) in [7, 11) is 0. The average Bonchev–Trinajstić information content (AvgIpc) is 2.56. The number of primary amides is 1. The molecule has 0 aromatic rings. The van der Waals surface area contributed by atoms with Gasteiger partial charge in [0.1, 0.15) is 18.1 Å². The van der Waals surface area contributed by atoms with Gasteiger partial charge in [0.25, 0.3) is 0 Å². The molecule has 4 unspecified atom stereocenters. The van der Waals surface area contributed by atoms with E-state index in [1.807, 2.05) is 13.8 Å². The Labute approximate surface area is 170 Å². The Kier molecular flexibility index (Phi) is 10.9. The van der Waals surface area contributed by atoms with Crippen LogP contribution in [-0.4, -0.2) is 58.9 Å². The third-order valence-electron chi connectivity index (χ3n) is 4.02. The molecule has 4 atom stereocenters. The number of hydrogen-bond acceptors (Lipinski definition) is 6. The van der Waals surface area contributed by atoms with Gasteiger partial charge < -0.3 is 32.5 Å². The van der Waals surface area contributed by atoms with Gasteiger partial charge in [0, 0.05) is 0 Å². The molecular formula is C18H33N5O6. The number of carboxylic acid groups (broad SMARTS) is 1. The van der Waals surface area contributed by atoms with Crippen LogP contribution in [0, 0.1) is 11.8 Å². The Balaban J connectivity index is 5.45. The lowest BCUT2D eigenvalue weighted by atomic mass is 10.0. The molecule has 0 aliphatic carbocycles. The molecule has 0 saturated heterocycles. The molecule has 0 spiro atoms. The molecule has 0 heterocycles. The summed E-state index contributed by atoms with van der Waals surface area (Å²) in [5.41, 5.74) is 10.7. The van der Waals surface area contributed by atoms with Gasteiger partial charge in [0.15, 0.2) is 0 Å². The van der Waals surface area contributed by atoms with Crippen LogP contribution in [0.1, 0.15) is 47.5 Å². The smallest absolute Gasteiger partial charge is 0.326 e. The van der Waals surface area contributed by atoms with Gasteiger partial charge in [0.05, 0.1) is 12.5 Å². The Morgan fingerprint density at radius 2 is 1.31 bits per heavy atom. The van der Waals surface area contributed by atoms with Crippen LogP contribution in [-0.2, 0) is 24.0 Å². The molecule has 0 rings (SSSR count). The summed E-state index contributed by atoms with van der Waals surface area (Å²) >= 11 is 0. The van der Waals surface area contributed by atoms with Gasteiger partial charge in [-0.25, -0.2) is 4.79 Å². The number of amides is 4. The molecule has 166 valence electrons. The number of carbonyl (C=O) groups is 5. The van der Waals surface area contributed by atoms with Gasteiger partial charge in [-0.3, -0.25) is 19.2 Å². The number of nitrogens with two attached hydrogens (primary N) is 2. The predicted octanol–water partition coefficient (Wildman–Crippen LogP) is -1.55. The molecule has 0 aliphatic rings. The molecule has 0 aromatic carbocycles. The fourth-order valence-electron chi connectivity index (χ4n) is 2.46. The second-order valence-corrected chi connectivity index (χ2v) is 7.78. The van der Waals surface area contributed by atoms with Gasteiger partial charge >= 0.3 is 5.97 Å². The van der Waals surface area contributed by atoms with Crippen molar-refractivity contribution in [3.05, 3.63) is 0 Å². The van der Waals surface area contributed by atoms with E-state index in [1.54, 1.807) is 13.8 Å². The maximum Gasteiger partial charge on any atom is 0.326 e. The van der Waals surface area contributed by atoms with E-state index in [9.17, 15) is 29.1 Å². The van der Waals surface area contributed by atoms with E-state index in [1.165, 1.54) is 6.92 Å². The second-order valence-electron chi connectivity index (χ2n) is 7.78. The first-order chi connectivity index (χ1) is 13.3. The molecule has 0 aliphatic heterocycles. The van der Waals surface area contributed by atoms with E-state index in [-0.39, 0.29) is 12.3 Å². The molecule has 0 bridgehead atoms. The lowest BCUT2D eigenvalue weighted by molar-refractivity contribution is -0.143. The molecule has 4 amide bonds. The van der Waals surface area contributed by atoms with Crippen molar-refractivity contribution in [2.45, 2.75) is 71.6 Å². The van der Waals surface area contributed by atoms with Crippen molar-refractivity contribution in [2.24, 2.45) is 23.3 Å². The summed E-state index contributed by atoms with van der Waals surface area (Å²) in [5.74, 6) is -4.63. The fraction of sp³-hybridized carbons (Fsp3) is 0.722. The van der Waals surface area contributed by atoms with Crippen LogP contribution in [0.3, 0.4) is 0 Å². The maximum absolute atomic E-state index is 12.7. The Morgan fingerprint density at radius 3 is 1.69 bits per heavy atom. The molecule has 29 heavy (non-hydrogen) atoms. The number of carbonyl (C=O) groups excluding carboxylic acids is 4. The fourth-order valence-corrected chi connectivity index (χ4v) is 2.46. The first-order valence-corrected chi connectivity index (χ1v) is 9.44. The number of rotatable bonds is 12. The van der Waals surface area contributed by atoms with Crippen molar-refractivity contribution >= 4 is 29.6 Å². The maximum atomic E-state index is 12.7. The molecule has 11 nitrogen and oxygen atoms in total. The van der Waals surface area contributed by atoms with E-state index >= 15 is 0 Å². The Morgan fingerprint density at radius 1 is 0.828 bits per heavy atom. The highest BCUT2D eigenvalue weighted by molar-refractivity contribution is 5.96. The van der Waals surface area contributed by atoms with Crippen molar-refractivity contribution in [1.82, 2.24) is 16.0 Å². The van der Waals surface area contributed by atoms with Crippen LogP contribution in [0.4, 0.5) is 0 Å². The molecule has 0 radical (unpaired) electrons. The minimum absolute atomic E-state index is 0.0277. The highest BCUT2D eigenvalue weighted by Gasteiger charge is 2.32. The first-order valence-electron chi connectivity index (χ1n) is 9.44. The molecule has 8 N–H and O–H groups in total. The highest BCUT2D eigenvalue weighted by atomic mass is 16.4. The van der Waals surface area contributed by atoms with E-state index in [0.717, 1.165) is 0 Å². The monoisotopic (exact) mass is 415 g/mol. The van der Waals surface area contributed by atoms with Crippen LogP contribution in [0.5, 0.6) is 0 Å². The topological polar surface area (TPSA) is 194 Å². The van der Waals surface area contributed by atoms with Gasteiger partial charge in [0.2, 0.25) is 23.6 Å². The number of aliphatic carboxylic acids is 1. The quantitative estimate of drug-likeness (QED) is 0.222. The zero-order chi connectivity index (χ0) is 22.9. The van der Waals surface area contributed by atoms with Crippen molar-refractivity contribution in [3.8, 4) is 0 Å². The zero-order valence-electron chi connectivity index (χ0n) is 17.5. The summed E-state index contributed by atoms with van der Waals surface area (Å²) in [6.07, 6.45) is -0.267. The summed E-state index contributed by atoms with van der Waals surface area (Å²) in [5, 5.41) is 16.4. The minimum atomic E-state index is -1.39. The minimum Gasteiger partial charge on any atom is -0.480 e. The highest BCUT2D eigenvalue weighted by Crippen LogP contribution is 2.07. The van der Waals surface area contributed by atoms with Crippen molar-refractivity contribution in [2.75, 3.05) is 0 Å². The summed E-state index contributed by atoms with van der Waals surface area (Å²) in [6.45, 7) is 8.34. The van der Waals surface area contributed by atoms with E-state index in [0.29, 0.717) is 0 Å². The van der Waals surface area contributed by atoms with E-state index in [4.69, 9.17) is 11.5 Å². The second kappa shape index (κ2) is 12.0. The molecule has 11 heteroatoms. The van der Waals surface area contributed by atoms with Crippen LogP contribution < -0.4 is 27.4 Å². The van der Waals surface area contributed by atoms with Gasteiger partial charge in [-0.15, -0.1) is 0 Å². The standard InChI is InChI=1S/C18H33N5O6/c1-8(2)6-11(21-15(25)10(5)19)16(26)22-12(7-13(20)24)17(27)23-14(9(3)4)18(28)29/h8-12,14H,6-7,19H2,1-5H3,(H2,20,24)(H,21,25)(H,22,26)(H,23,27)(H,28,29). The van der Waals surface area contributed by atoms with Crippen molar-refractivity contribution < 1.29 is 29.1 Å². The lowest BCUT2D eigenvalue weighted by Gasteiger charge is -2.26. The third kappa shape index (κ3) is 9.88. The lowest BCUT2D eigenvalue weighted by Crippen LogP contribution is -2.58. The predicted molar refractivity (Wildman–Crippen MR) is 105 cm³/mol. The van der Waals surface area contributed by atoms with E-state index in [2.05, 4.69) is 16.0 Å². The molecule has 0 saturated carbocycles. The van der Waals surface area contributed by atoms with Crippen LogP contribution in [0.2, 0.25) is 0 Å². The normalized spacial score (nSPS) is 15.2. The van der Waals surface area contributed by atoms with Gasteiger partial charge in [-0.2, -0.15) is 0 Å². The van der Waals surface area contributed by atoms with Crippen molar-refractivity contribution in [1.29, 1.82) is 0 Å². The third-order valence-corrected chi connectivity index (χ3v) is 4.02.